The van der Waals surface area contributed by atoms with E-state index in [-0.39, 0.29) is 11.7 Å². The molecule has 0 N–H and O–H groups in total. The Hall–Kier alpha value is -1.61. The Kier molecular flexibility index (Phi) is 4.38. The maximum absolute atomic E-state index is 13.2. The molecule has 0 aliphatic rings. The van der Waals surface area contributed by atoms with Gasteiger partial charge in [-0.05, 0) is 31.5 Å². The van der Waals surface area contributed by atoms with Gasteiger partial charge in [0.25, 0.3) is 0 Å². The first kappa shape index (κ1) is 13.8. The number of rotatable bonds is 4. The van der Waals surface area contributed by atoms with E-state index in [1.807, 2.05) is 43.0 Å². The summed E-state index contributed by atoms with van der Waals surface area (Å²) in [5.74, 6) is 0.594. The lowest BCUT2D eigenvalue weighted by Crippen LogP contribution is -2.20. The molecule has 0 unspecified atom stereocenters. The summed E-state index contributed by atoms with van der Waals surface area (Å²) in [7, 11) is 0. The van der Waals surface area contributed by atoms with Crippen molar-refractivity contribution in [2.75, 3.05) is 11.4 Å². The Bertz CT molecular complexity index is 572. The molecule has 0 saturated heterocycles. The van der Waals surface area contributed by atoms with Gasteiger partial charge in [0.15, 0.2) is 0 Å². The average Bonchev–Trinajstić information content (AvgIpc) is 2.43. The van der Waals surface area contributed by atoms with Gasteiger partial charge in [-0.1, -0.05) is 18.2 Å². The quantitative estimate of drug-likeness (QED) is 0.769. The van der Waals surface area contributed by atoms with E-state index in [0.717, 1.165) is 17.8 Å². The molecule has 0 aliphatic carbocycles. The number of pyridine rings is 1. The maximum Gasteiger partial charge on any atom is 0.141 e. The molecule has 2 aromatic rings. The fourth-order valence-electron chi connectivity index (χ4n) is 2.12. The molecule has 1 aromatic carbocycles. The number of anilines is 2. The van der Waals surface area contributed by atoms with Crippen LogP contribution in [0.2, 0.25) is 0 Å². The van der Waals surface area contributed by atoms with E-state index in [2.05, 4.69) is 4.98 Å². The topological polar surface area (TPSA) is 16.1 Å². The fraction of sp³-hybridized carbons (Fsp3) is 0.267. The molecule has 2 rings (SSSR count). The molecule has 1 heterocycles. The molecule has 0 radical (unpaired) electrons. The van der Waals surface area contributed by atoms with Crippen LogP contribution in [0.3, 0.4) is 0 Å². The maximum atomic E-state index is 13.2. The van der Waals surface area contributed by atoms with Gasteiger partial charge in [-0.3, -0.25) is 0 Å². The molecule has 0 amide bonds. The average molecular weight is 279 g/mol. The van der Waals surface area contributed by atoms with Gasteiger partial charge in [-0.15, -0.1) is 11.6 Å². The first-order valence-electron chi connectivity index (χ1n) is 6.21. The number of nitrogens with zero attached hydrogens (tertiary/aromatic N) is 2. The number of alkyl halides is 1. The Balaban J connectivity index is 2.51. The molecule has 1 aromatic heterocycles. The number of hydrogen-bond acceptors (Lipinski definition) is 2. The van der Waals surface area contributed by atoms with E-state index >= 15 is 0 Å². The summed E-state index contributed by atoms with van der Waals surface area (Å²) in [4.78, 5) is 6.25. The van der Waals surface area contributed by atoms with E-state index in [1.54, 1.807) is 0 Å². The van der Waals surface area contributed by atoms with Crippen molar-refractivity contribution in [1.29, 1.82) is 0 Å². The zero-order valence-electron chi connectivity index (χ0n) is 11.0. The smallest absolute Gasteiger partial charge is 0.141 e. The highest BCUT2D eigenvalue weighted by Gasteiger charge is 2.15. The zero-order chi connectivity index (χ0) is 13.8. The van der Waals surface area contributed by atoms with Crippen molar-refractivity contribution in [1.82, 2.24) is 4.98 Å². The van der Waals surface area contributed by atoms with E-state index in [4.69, 9.17) is 11.6 Å². The van der Waals surface area contributed by atoms with Crippen LogP contribution in [0.1, 0.15) is 18.1 Å². The van der Waals surface area contributed by atoms with E-state index in [1.165, 1.54) is 12.3 Å². The third kappa shape index (κ3) is 2.87. The normalized spacial score (nSPS) is 10.5. The van der Waals surface area contributed by atoms with Gasteiger partial charge in [0, 0.05) is 17.8 Å². The predicted molar refractivity (Wildman–Crippen MR) is 77.6 cm³/mol. The number of para-hydroxylation sites is 1. The molecule has 100 valence electrons. The van der Waals surface area contributed by atoms with Gasteiger partial charge in [0.2, 0.25) is 0 Å². The minimum atomic E-state index is -0.361. The van der Waals surface area contributed by atoms with Crippen molar-refractivity contribution >= 4 is 23.1 Å². The largest absolute Gasteiger partial charge is 0.326 e. The van der Waals surface area contributed by atoms with Crippen LogP contribution < -0.4 is 4.90 Å². The van der Waals surface area contributed by atoms with E-state index in [0.29, 0.717) is 11.4 Å². The number of benzene rings is 1. The summed E-state index contributed by atoms with van der Waals surface area (Å²) < 4.78 is 13.2. The highest BCUT2D eigenvalue weighted by Crippen LogP contribution is 2.30. The van der Waals surface area contributed by atoms with Crippen molar-refractivity contribution in [3.8, 4) is 0 Å². The standard InChI is InChI=1S/C15H16ClFN2/c1-3-19(14-7-5-4-6-11(14)2)15-12(9-16)8-13(17)10-18-15/h4-8,10H,3,9H2,1-2H3. The number of hydrogen-bond donors (Lipinski definition) is 0. The number of aromatic nitrogens is 1. The van der Waals surface area contributed by atoms with Crippen LogP contribution in [-0.2, 0) is 5.88 Å². The molecule has 0 atom stereocenters. The first-order valence-corrected chi connectivity index (χ1v) is 6.74. The second-order valence-electron chi connectivity index (χ2n) is 4.30. The summed E-state index contributed by atoms with van der Waals surface area (Å²) >= 11 is 5.90. The van der Waals surface area contributed by atoms with Crippen molar-refractivity contribution in [2.24, 2.45) is 0 Å². The summed E-state index contributed by atoms with van der Waals surface area (Å²) in [5, 5.41) is 0. The molecule has 0 bridgehead atoms. The molecule has 0 fully saturated rings. The van der Waals surface area contributed by atoms with Crippen LogP contribution in [0.25, 0.3) is 0 Å². The monoisotopic (exact) mass is 278 g/mol. The Morgan fingerprint density at radius 2 is 2.05 bits per heavy atom. The SMILES string of the molecule is CCN(c1ccccc1C)c1ncc(F)cc1CCl. The minimum absolute atomic E-state index is 0.239. The second-order valence-corrected chi connectivity index (χ2v) is 4.57. The lowest BCUT2D eigenvalue weighted by Gasteiger charge is -2.25. The fourth-order valence-corrected chi connectivity index (χ4v) is 2.31. The van der Waals surface area contributed by atoms with Gasteiger partial charge in [-0.2, -0.15) is 0 Å². The van der Waals surface area contributed by atoms with Crippen molar-refractivity contribution in [3.05, 3.63) is 53.5 Å². The van der Waals surface area contributed by atoms with Crippen molar-refractivity contribution < 1.29 is 4.39 Å². The third-order valence-electron chi connectivity index (χ3n) is 3.03. The lowest BCUT2D eigenvalue weighted by atomic mass is 10.1. The second kappa shape index (κ2) is 6.02. The minimum Gasteiger partial charge on any atom is -0.326 e. The molecular weight excluding hydrogens is 263 g/mol. The first-order chi connectivity index (χ1) is 9.17. The zero-order valence-corrected chi connectivity index (χ0v) is 11.8. The predicted octanol–water partition coefficient (Wildman–Crippen LogP) is 4.43. The molecule has 0 saturated carbocycles. The molecule has 19 heavy (non-hydrogen) atoms. The number of aryl methyl sites for hydroxylation is 1. The van der Waals surface area contributed by atoms with Crippen LogP contribution >= 0.6 is 11.6 Å². The highest BCUT2D eigenvalue weighted by atomic mass is 35.5. The Morgan fingerprint density at radius 3 is 2.68 bits per heavy atom. The molecule has 0 spiro atoms. The van der Waals surface area contributed by atoms with E-state index in [9.17, 15) is 4.39 Å². The van der Waals surface area contributed by atoms with Crippen LogP contribution in [0.4, 0.5) is 15.9 Å². The van der Waals surface area contributed by atoms with Gasteiger partial charge < -0.3 is 4.90 Å². The van der Waals surface area contributed by atoms with Crippen LogP contribution in [0, 0.1) is 12.7 Å². The summed E-state index contributed by atoms with van der Waals surface area (Å²) in [6, 6.07) is 9.49. The lowest BCUT2D eigenvalue weighted by molar-refractivity contribution is 0.619. The van der Waals surface area contributed by atoms with Crippen LogP contribution in [0.15, 0.2) is 36.5 Å². The highest BCUT2D eigenvalue weighted by molar-refractivity contribution is 6.17. The Morgan fingerprint density at radius 1 is 1.32 bits per heavy atom. The van der Waals surface area contributed by atoms with Crippen molar-refractivity contribution in [2.45, 2.75) is 19.7 Å². The van der Waals surface area contributed by atoms with Crippen LogP contribution in [-0.4, -0.2) is 11.5 Å². The molecule has 0 aliphatic heterocycles. The Labute approximate surface area is 117 Å². The van der Waals surface area contributed by atoms with Gasteiger partial charge >= 0.3 is 0 Å². The third-order valence-corrected chi connectivity index (χ3v) is 3.32. The van der Waals surface area contributed by atoms with Gasteiger partial charge in [0.05, 0.1) is 12.1 Å². The van der Waals surface area contributed by atoms with Gasteiger partial charge in [-0.25, -0.2) is 9.37 Å². The number of halogens is 2. The summed E-state index contributed by atoms with van der Waals surface area (Å²) in [6.45, 7) is 4.82. The van der Waals surface area contributed by atoms with Crippen LogP contribution in [0.5, 0.6) is 0 Å². The van der Waals surface area contributed by atoms with Crippen molar-refractivity contribution in [3.63, 3.8) is 0 Å². The van der Waals surface area contributed by atoms with E-state index < -0.39 is 0 Å². The molecular formula is C15H16ClFN2. The summed E-state index contributed by atoms with van der Waals surface area (Å²) in [6.07, 6.45) is 1.23. The summed E-state index contributed by atoms with van der Waals surface area (Å²) in [5.41, 5.74) is 2.92. The van der Waals surface area contributed by atoms with Gasteiger partial charge in [0.1, 0.15) is 11.6 Å². The molecule has 4 heteroatoms. The molecule has 2 nitrogen and oxygen atoms in total.